The Hall–Kier alpha value is -1.49. The van der Waals surface area contributed by atoms with E-state index in [1.54, 1.807) is 7.11 Å². The zero-order valence-corrected chi connectivity index (χ0v) is 11.4. The maximum atomic E-state index is 9.25. The third kappa shape index (κ3) is 3.50. The minimum atomic E-state index is -0.0442. The standard InChI is InChI=1S/C15H20N2O2/c1-11-7-12(8-16-13(9-18)10-19-2)14-5-3-4-6-15(14)17-11/h3-7,13,16,18H,8-10H2,1-2H3. The van der Waals surface area contributed by atoms with Gasteiger partial charge >= 0.3 is 0 Å². The number of pyridine rings is 1. The van der Waals surface area contributed by atoms with E-state index in [1.807, 2.05) is 25.1 Å². The second-order valence-corrected chi connectivity index (χ2v) is 4.66. The van der Waals surface area contributed by atoms with Crippen LogP contribution in [0.25, 0.3) is 10.9 Å². The number of methoxy groups -OCH3 is 1. The molecule has 1 unspecified atom stereocenters. The van der Waals surface area contributed by atoms with Crippen LogP contribution in [0.4, 0.5) is 0 Å². The number of rotatable bonds is 6. The molecule has 0 aliphatic rings. The highest BCUT2D eigenvalue weighted by Gasteiger charge is 2.08. The molecule has 2 aromatic rings. The zero-order chi connectivity index (χ0) is 13.7. The molecule has 0 radical (unpaired) electrons. The van der Waals surface area contributed by atoms with Gasteiger partial charge in [0.2, 0.25) is 0 Å². The first kappa shape index (κ1) is 13.9. The number of nitrogens with zero attached hydrogens (tertiary/aromatic N) is 1. The molecule has 0 amide bonds. The fraction of sp³-hybridized carbons (Fsp3) is 0.400. The van der Waals surface area contributed by atoms with Crippen molar-refractivity contribution in [3.63, 3.8) is 0 Å². The van der Waals surface area contributed by atoms with Crippen LogP contribution >= 0.6 is 0 Å². The number of ether oxygens (including phenoxy) is 1. The van der Waals surface area contributed by atoms with E-state index in [-0.39, 0.29) is 12.6 Å². The minimum absolute atomic E-state index is 0.0442. The number of nitrogens with one attached hydrogen (secondary N) is 1. The van der Waals surface area contributed by atoms with Crippen LogP contribution in [0.2, 0.25) is 0 Å². The van der Waals surface area contributed by atoms with Crippen molar-refractivity contribution < 1.29 is 9.84 Å². The third-order valence-electron chi connectivity index (χ3n) is 3.10. The first-order chi connectivity index (χ1) is 9.24. The fourth-order valence-corrected chi connectivity index (χ4v) is 2.17. The van der Waals surface area contributed by atoms with Crippen LogP contribution in [0.3, 0.4) is 0 Å². The summed E-state index contributed by atoms with van der Waals surface area (Å²) in [6.07, 6.45) is 0. The van der Waals surface area contributed by atoms with Crippen LogP contribution in [0.1, 0.15) is 11.3 Å². The van der Waals surface area contributed by atoms with E-state index >= 15 is 0 Å². The van der Waals surface area contributed by atoms with Gasteiger partial charge < -0.3 is 15.2 Å². The van der Waals surface area contributed by atoms with Crippen molar-refractivity contribution in [3.05, 3.63) is 41.6 Å². The molecule has 0 saturated heterocycles. The van der Waals surface area contributed by atoms with Crippen LogP contribution in [-0.4, -0.2) is 36.5 Å². The Balaban J connectivity index is 2.20. The highest BCUT2D eigenvalue weighted by molar-refractivity contribution is 5.82. The molecule has 4 nitrogen and oxygen atoms in total. The van der Waals surface area contributed by atoms with E-state index < -0.39 is 0 Å². The SMILES string of the molecule is COCC(CO)NCc1cc(C)nc2ccccc12. The van der Waals surface area contributed by atoms with Crippen LogP contribution in [-0.2, 0) is 11.3 Å². The third-order valence-corrected chi connectivity index (χ3v) is 3.10. The van der Waals surface area contributed by atoms with Crippen LogP contribution in [0.5, 0.6) is 0 Å². The van der Waals surface area contributed by atoms with Gasteiger partial charge in [-0.3, -0.25) is 4.98 Å². The molecular weight excluding hydrogens is 240 g/mol. The Morgan fingerprint density at radius 2 is 2.16 bits per heavy atom. The second kappa shape index (κ2) is 6.61. The average molecular weight is 260 g/mol. The largest absolute Gasteiger partial charge is 0.395 e. The lowest BCUT2D eigenvalue weighted by atomic mass is 10.1. The van der Waals surface area contributed by atoms with E-state index in [2.05, 4.69) is 22.4 Å². The molecule has 0 aliphatic carbocycles. The van der Waals surface area contributed by atoms with Crippen molar-refractivity contribution in [2.24, 2.45) is 0 Å². The van der Waals surface area contributed by atoms with Crippen molar-refractivity contribution in [1.29, 1.82) is 0 Å². The van der Waals surface area contributed by atoms with E-state index in [0.29, 0.717) is 13.2 Å². The molecule has 2 N–H and O–H groups in total. The zero-order valence-electron chi connectivity index (χ0n) is 11.4. The smallest absolute Gasteiger partial charge is 0.0708 e. The number of aryl methyl sites for hydroxylation is 1. The molecule has 4 heteroatoms. The molecule has 0 fully saturated rings. The summed E-state index contributed by atoms with van der Waals surface area (Å²) in [5.74, 6) is 0. The van der Waals surface area contributed by atoms with Gasteiger partial charge in [0, 0.05) is 24.7 Å². The predicted molar refractivity (Wildman–Crippen MR) is 76.1 cm³/mol. The maximum Gasteiger partial charge on any atom is 0.0708 e. The summed E-state index contributed by atoms with van der Waals surface area (Å²) in [5, 5.41) is 13.7. The molecule has 1 aromatic heterocycles. The van der Waals surface area contributed by atoms with Gasteiger partial charge in [-0.15, -0.1) is 0 Å². The summed E-state index contributed by atoms with van der Waals surface area (Å²) in [7, 11) is 1.64. The van der Waals surface area contributed by atoms with E-state index in [4.69, 9.17) is 4.74 Å². The predicted octanol–water partition coefficient (Wildman–Crippen LogP) is 1.64. The summed E-state index contributed by atoms with van der Waals surface area (Å²) in [5.41, 5.74) is 3.20. The Labute approximate surface area is 113 Å². The monoisotopic (exact) mass is 260 g/mol. The number of aliphatic hydroxyl groups is 1. The lowest BCUT2D eigenvalue weighted by Crippen LogP contribution is -2.36. The Bertz CT molecular complexity index is 543. The molecule has 1 atom stereocenters. The van der Waals surface area contributed by atoms with Crippen LogP contribution < -0.4 is 5.32 Å². The fourth-order valence-electron chi connectivity index (χ4n) is 2.17. The van der Waals surface area contributed by atoms with Gasteiger partial charge in [0.1, 0.15) is 0 Å². The maximum absolute atomic E-state index is 9.25. The highest BCUT2D eigenvalue weighted by atomic mass is 16.5. The topological polar surface area (TPSA) is 54.4 Å². The molecule has 1 aromatic carbocycles. The summed E-state index contributed by atoms with van der Waals surface area (Å²) in [6.45, 7) is 3.25. The first-order valence-electron chi connectivity index (χ1n) is 6.43. The number of hydrogen-bond acceptors (Lipinski definition) is 4. The number of fused-ring (bicyclic) bond motifs is 1. The van der Waals surface area contributed by atoms with Gasteiger partial charge in [0.15, 0.2) is 0 Å². The second-order valence-electron chi connectivity index (χ2n) is 4.66. The van der Waals surface area contributed by atoms with Crippen LogP contribution in [0, 0.1) is 6.92 Å². The Morgan fingerprint density at radius 3 is 2.89 bits per heavy atom. The van der Waals surface area contributed by atoms with Crippen molar-refractivity contribution in [2.75, 3.05) is 20.3 Å². The average Bonchev–Trinajstić information content (AvgIpc) is 2.43. The highest BCUT2D eigenvalue weighted by Crippen LogP contribution is 2.18. The molecule has 0 spiro atoms. The van der Waals surface area contributed by atoms with Crippen LogP contribution in [0.15, 0.2) is 30.3 Å². The lowest BCUT2D eigenvalue weighted by molar-refractivity contribution is 0.128. The Morgan fingerprint density at radius 1 is 1.37 bits per heavy atom. The van der Waals surface area contributed by atoms with E-state index in [0.717, 1.165) is 16.6 Å². The van der Waals surface area contributed by atoms with Gasteiger partial charge in [-0.1, -0.05) is 18.2 Å². The molecule has 1 heterocycles. The summed E-state index contributed by atoms with van der Waals surface area (Å²) < 4.78 is 5.06. The van der Waals surface area contributed by atoms with Gasteiger partial charge in [0.05, 0.1) is 24.8 Å². The van der Waals surface area contributed by atoms with Crippen molar-refractivity contribution in [2.45, 2.75) is 19.5 Å². The minimum Gasteiger partial charge on any atom is -0.395 e. The molecule has 0 aliphatic heterocycles. The summed E-state index contributed by atoms with van der Waals surface area (Å²) >= 11 is 0. The van der Waals surface area contributed by atoms with Crippen molar-refractivity contribution in [3.8, 4) is 0 Å². The number of hydrogen-bond donors (Lipinski definition) is 2. The summed E-state index contributed by atoms with van der Waals surface area (Å²) in [4.78, 5) is 4.52. The quantitative estimate of drug-likeness (QED) is 0.829. The number of para-hydroxylation sites is 1. The molecule has 2 rings (SSSR count). The van der Waals surface area contributed by atoms with Crippen molar-refractivity contribution >= 4 is 10.9 Å². The van der Waals surface area contributed by atoms with Gasteiger partial charge in [-0.05, 0) is 24.6 Å². The van der Waals surface area contributed by atoms with E-state index in [9.17, 15) is 5.11 Å². The van der Waals surface area contributed by atoms with Gasteiger partial charge in [-0.25, -0.2) is 0 Å². The number of aliphatic hydroxyl groups excluding tert-OH is 1. The Kier molecular flexibility index (Phi) is 4.85. The molecule has 0 bridgehead atoms. The molecule has 102 valence electrons. The normalized spacial score (nSPS) is 12.8. The molecule has 0 saturated carbocycles. The van der Waals surface area contributed by atoms with E-state index in [1.165, 1.54) is 5.56 Å². The first-order valence-corrected chi connectivity index (χ1v) is 6.43. The van der Waals surface area contributed by atoms with Gasteiger partial charge in [-0.2, -0.15) is 0 Å². The summed E-state index contributed by atoms with van der Waals surface area (Å²) in [6, 6.07) is 10.1. The molecule has 19 heavy (non-hydrogen) atoms. The molecular formula is C15H20N2O2. The van der Waals surface area contributed by atoms with Crippen molar-refractivity contribution in [1.82, 2.24) is 10.3 Å². The van der Waals surface area contributed by atoms with Gasteiger partial charge in [0.25, 0.3) is 0 Å². The lowest BCUT2D eigenvalue weighted by Gasteiger charge is -2.16. The number of aromatic nitrogens is 1. The number of benzene rings is 1.